The van der Waals surface area contributed by atoms with E-state index in [4.69, 9.17) is 9.47 Å². The summed E-state index contributed by atoms with van der Waals surface area (Å²) in [5, 5.41) is 6.16. The van der Waals surface area contributed by atoms with Crippen LogP contribution in [0, 0.1) is 0 Å². The highest BCUT2D eigenvalue weighted by Gasteiger charge is 2.30. The number of nitrogens with one attached hydrogen (secondary N) is 2. The van der Waals surface area contributed by atoms with Gasteiger partial charge in [0.2, 0.25) is 5.91 Å². The Labute approximate surface area is 110 Å². The van der Waals surface area contributed by atoms with Crippen molar-refractivity contribution in [1.29, 1.82) is 0 Å². The summed E-state index contributed by atoms with van der Waals surface area (Å²) in [5.41, 5.74) is -0.214. The van der Waals surface area contributed by atoms with Gasteiger partial charge in [0.25, 0.3) is 0 Å². The van der Waals surface area contributed by atoms with Crippen molar-refractivity contribution in [3.05, 3.63) is 0 Å². The Morgan fingerprint density at radius 1 is 1.28 bits per heavy atom. The summed E-state index contributed by atoms with van der Waals surface area (Å²) in [7, 11) is 0. The van der Waals surface area contributed by atoms with Crippen LogP contribution in [0.1, 0.15) is 41.5 Å². The monoisotopic (exact) mass is 258 g/mol. The Bertz CT molecular complexity index is 287. The molecule has 1 heterocycles. The highest BCUT2D eigenvalue weighted by Crippen LogP contribution is 2.17. The zero-order chi connectivity index (χ0) is 14.0. The standard InChI is InChI=1S/C13H26N2O3/c1-9(11(16)15-12(2,3)4)14-10-7-17-13(5,6)18-8-10/h9-10,14H,7-8H2,1-6H3,(H,15,16). The van der Waals surface area contributed by atoms with E-state index in [1.165, 1.54) is 0 Å². The van der Waals surface area contributed by atoms with E-state index < -0.39 is 5.79 Å². The van der Waals surface area contributed by atoms with Gasteiger partial charge in [0.1, 0.15) is 0 Å². The molecule has 1 rings (SSSR count). The van der Waals surface area contributed by atoms with Crippen LogP contribution in [0.25, 0.3) is 0 Å². The zero-order valence-corrected chi connectivity index (χ0v) is 12.3. The third-order valence-corrected chi connectivity index (χ3v) is 2.64. The molecule has 106 valence electrons. The third-order valence-electron chi connectivity index (χ3n) is 2.64. The first-order valence-electron chi connectivity index (χ1n) is 6.45. The Morgan fingerprint density at radius 3 is 2.22 bits per heavy atom. The molecular formula is C13H26N2O3. The molecule has 0 aromatic carbocycles. The Hall–Kier alpha value is -0.650. The van der Waals surface area contributed by atoms with Crippen molar-refractivity contribution in [2.45, 2.75) is 65.0 Å². The molecule has 0 radical (unpaired) electrons. The maximum Gasteiger partial charge on any atom is 0.237 e. The minimum atomic E-state index is -0.519. The first-order chi connectivity index (χ1) is 8.09. The van der Waals surface area contributed by atoms with E-state index in [2.05, 4.69) is 10.6 Å². The molecule has 0 spiro atoms. The Kier molecular flexibility index (Phi) is 4.75. The van der Waals surface area contributed by atoms with Crippen molar-refractivity contribution in [3.63, 3.8) is 0 Å². The van der Waals surface area contributed by atoms with E-state index in [0.29, 0.717) is 13.2 Å². The molecule has 1 fully saturated rings. The number of carbonyl (C=O) groups excluding carboxylic acids is 1. The summed E-state index contributed by atoms with van der Waals surface area (Å²) < 4.78 is 11.1. The number of ether oxygens (including phenoxy) is 2. The Balaban J connectivity index is 2.37. The van der Waals surface area contributed by atoms with Crippen molar-refractivity contribution in [2.24, 2.45) is 0 Å². The molecule has 2 N–H and O–H groups in total. The van der Waals surface area contributed by atoms with Gasteiger partial charge in [-0.05, 0) is 41.5 Å². The van der Waals surface area contributed by atoms with Gasteiger partial charge in [-0.1, -0.05) is 0 Å². The molecule has 1 aliphatic heterocycles. The van der Waals surface area contributed by atoms with E-state index in [1.807, 2.05) is 41.5 Å². The van der Waals surface area contributed by atoms with Gasteiger partial charge in [-0.3, -0.25) is 10.1 Å². The smallest absolute Gasteiger partial charge is 0.237 e. The lowest BCUT2D eigenvalue weighted by Crippen LogP contribution is -2.56. The number of carbonyl (C=O) groups is 1. The summed E-state index contributed by atoms with van der Waals surface area (Å²) in [5.74, 6) is -0.526. The quantitative estimate of drug-likeness (QED) is 0.794. The van der Waals surface area contributed by atoms with Crippen LogP contribution in [0.15, 0.2) is 0 Å². The molecule has 1 atom stereocenters. The fourth-order valence-corrected chi connectivity index (χ4v) is 1.70. The van der Waals surface area contributed by atoms with E-state index in [9.17, 15) is 4.79 Å². The summed E-state index contributed by atoms with van der Waals surface area (Å²) >= 11 is 0. The minimum Gasteiger partial charge on any atom is -0.350 e. The first kappa shape index (κ1) is 15.4. The van der Waals surface area contributed by atoms with Gasteiger partial charge < -0.3 is 14.8 Å². The lowest BCUT2D eigenvalue weighted by atomic mass is 10.1. The van der Waals surface area contributed by atoms with Gasteiger partial charge in [0.05, 0.1) is 25.3 Å². The number of hydrogen-bond donors (Lipinski definition) is 2. The van der Waals surface area contributed by atoms with Crippen molar-refractivity contribution < 1.29 is 14.3 Å². The second kappa shape index (κ2) is 5.55. The number of rotatable bonds is 3. The predicted octanol–water partition coefficient (Wildman–Crippen LogP) is 1.03. The summed E-state index contributed by atoms with van der Waals surface area (Å²) in [4.78, 5) is 11.9. The molecule has 5 heteroatoms. The fourth-order valence-electron chi connectivity index (χ4n) is 1.70. The van der Waals surface area contributed by atoms with Crippen molar-refractivity contribution in [3.8, 4) is 0 Å². The molecule has 18 heavy (non-hydrogen) atoms. The molecule has 1 saturated heterocycles. The first-order valence-corrected chi connectivity index (χ1v) is 6.45. The summed E-state index contributed by atoms with van der Waals surface area (Å²) in [6.45, 7) is 12.6. The van der Waals surface area contributed by atoms with Gasteiger partial charge in [-0.25, -0.2) is 0 Å². The van der Waals surface area contributed by atoms with E-state index in [-0.39, 0.29) is 23.5 Å². The largest absolute Gasteiger partial charge is 0.350 e. The van der Waals surface area contributed by atoms with Gasteiger partial charge >= 0.3 is 0 Å². The van der Waals surface area contributed by atoms with E-state index >= 15 is 0 Å². The van der Waals surface area contributed by atoms with Crippen molar-refractivity contribution in [1.82, 2.24) is 10.6 Å². The number of hydrogen-bond acceptors (Lipinski definition) is 4. The lowest BCUT2D eigenvalue weighted by molar-refractivity contribution is -0.253. The van der Waals surface area contributed by atoms with Crippen LogP contribution in [-0.4, -0.2) is 42.5 Å². The van der Waals surface area contributed by atoms with E-state index in [1.54, 1.807) is 0 Å². The lowest BCUT2D eigenvalue weighted by Gasteiger charge is -2.36. The van der Waals surface area contributed by atoms with Gasteiger partial charge in [0.15, 0.2) is 5.79 Å². The van der Waals surface area contributed by atoms with E-state index in [0.717, 1.165) is 0 Å². The molecular weight excluding hydrogens is 232 g/mol. The normalized spacial score (nSPS) is 22.6. The van der Waals surface area contributed by atoms with Crippen LogP contribution in [-0.2, 0) is 14.3 Å². The molecule has 0 aliphatic carbocycles. The van der Waals surface area contributed by atoms with Crippen LogP contribution >= 0.6 is 0 Å². The Morgan fingerprint density at radius 2 is 1.78 bits per heavy atom. The second-order valence-corrected chi connectivity index (χ2v) is 6.35. The maximum absolute atomic E-state index is 11.9. The van der Waals surface area contributed by atoms with Crippen LogP contribution < -0.4 is 10.6 Å². The molecule has 1 amide bonds. The highest BCUT2D eigenvalue weighted by molar-refractivity contribution is 5.81. The molecule has 1 aliphatic rings. The predicted molar refractivity (Wildman–Crippen MR) is 70.3 cm³/mol. The van der Waals surface area contributed by atoms with Crippen molar-refractivity contribution >= 4 is 5.91 Å². The van der Waals surface area contributed by atoms with Crippen molar-refractivity contribution in [2.75, 3.05) is 13.2 Å². The summed E-state index contributed by atoms with van der Waals surface area (Å²) in [6.07, 6.45) is 0. The molecule has 1 unspecified atom stereocenters. The molecule has 0 aromatic heterocycles. The minimum absolute atomic E-state index is 0.00710. The SMILES string of the molecule is CC(NC1COC(C)(C)OC1)C(=O)NC(C)(C)C. The number of amides is 1. The topological polar surface area (TPSA) is 59.6 Å². The third kappa shape index (κ3) is 5.33. The average Bonchev–Trinajstić information content (AvgIpc) is 2.18. The average molecular weight is 258 g/mol. The van der Waals surface area contributed by atoms with Crippen LogP contribution in [0.3, 0.4) is 0 Å². The van der Waals surface area contributed by atoms with Crippen LogP contribution in [0.2, 0.25) is 0 Å². The van der Waals surface area contributed by atoms with Crippen LogP contribution in [0.5, 0.6) is 0 Å². The molecule has 0 bridgehead atoms. The highest BCUT2D eigenvalue weighted by atomic mass is 16.7. The molecule has 5 nitrogen and oxygen atoms in total. The summed E-state index contributed by atoms with van der Waals surface area (Å²) in [6, 6.07) is -0.207. The maximum atomic E-state index is 11.9. The zero-order valence-electron chi connectivity index (χ0n) is 12.3. The van der Waals surface area contributed by atoms with Gasteiger partial charge in [0, 0.05) is 5.54 Å². The fraction of sp³-hybridized carbons (Fsp3) is 0.923. The molecule has 0 aromatic rings. The van der Waals surface area contributed by atoms with Gasteiger partial charge in [-0.2, -0.15) is 0 Å². The molecule has 0 saturated carbocycles. The second-order valence-electron chi connectivity index (χ2n) is 6.35. The van der Waals surface area contributed by atoms with Crippen LogP contribution in [0.4, 0.5) is 0 Å². The van der Waals surface area contributed by atoms with Gasteiger partial charge in [-0.15, -0.1) is 0 Å².